The summed E-state index contributed by atoms with van der Waals surface area (Å²) in [4.78, 5) is 4.30. The molecule has 0 saturated carbocycles. The van der Waals surface area contributed by atoms with E-state index in [1.54, 1.807) is 0 Å². The topological polar surface area (TPSA) is 56.8 Å². The van der Waals surface area contributed by atoms with Crippen molar-refractivity contribution in [3.05, 3.63) is 34.9 Å². The summed E-state index contributed by atoms with van der Waals surface area (Å²) in [6, 6.07) is 5.92. The van der Waals surface area contributed by atoms with Gasteiger partial charge in [0.05, 0.1) is 13.2 Å². The number of amidine groups is 1. The SMILES string of the molecule is Cc1cccc2c1C1(N=C2N)OCCO1. The lowest BCUT2D eigenvalue weighted by Crippen LogP contribution is -2.23. The predicted octanol–water partition coefficient (Wildman–Crippen LogP) is 0.871. The van der Waals surface area contributed by atoms with E-state index in [1.807, 2.05) is 25.1 Å². The minimum Gasteiger partial charge on any atom is -0.383 e. The summed E-state index contributed by atoms with van der Waals surface area (Å²) in [6.45, 7) is 3.13. The normalized spacial score (nSPS) is 21.8. The zero-order valence-corrected chi connectivity index (χ0v) is 8.49. The standard InChI is InChI=1S/C11H12N2O2/c1-7-3-2-4-8-9(7)11(13-10(8)12)14-5-6-15-11/h2-4H,5-6H2,1H3,(H2,12,13). The van der Waals surface area contributed by atoms with Gasteiger partial charge in [0.15, 0.2) is 0 Å². The van der Waals surface area contributed by atoms with E-state index >= 15 is 0 Å². The molecule has 1 aromatic rings. The smallest absolute Gasteiger partial charge is 0.300 e. The Kier molecular flexibility index (Phi) is 1.66. The molecular weight excluding hydrogens is 192 g/mol. The monoisotopic (exact) mass is 204 g/mol. The summed E-state index contributed by atoms with van der Waals surface area (Å²) >= 11 is 0. The van der Waals surface area contributed by atoms with Gasteiger partial charge in [0.25, 0.3) is 0 Å². The molecule has 0 unspecified atom stereocenters. The van der Waals surface area contributed by atoms with Crippen molar-refractivity contribution in [2.45, 2.75) is 12.8 Å². The second-order valence-electron chi connectivity index (χ2n) is 3.77. The van der Waals surface area contributed by atoms with Crippen LogP contribution in [0.1, 0.15) is 16.7 Å². The van der Waals surface area contributed by atoms with Crippen molar-refractivity contribution < 1.29 is 9.47 Å². The number of aliphatic imine (C=N–C) groups is 1. The number of nitrogens with zero attached hydrogens (tertiary/aromatic N) is 1. The fourth-order valence-electron chi connectivity index (χ4n) is 2.19. The van der Waals surface area contributed by atoms with Gasteiger partial charge in [-0.3, -0.25) is 0 Å². The lowest BCUT2D eigenvalue weighted by atomic mass is 10.0. The summed E-state index contributed by atoms with van der Waals surface area (Å²) in [7, 11) is 0. The Labute approximate surface area is 87.7 Å². The molecule has 4 heteroatoms. The average Bonchev–Trinajstić information content (AvgIpc) is 2.76. The highest BCUT2D eigenvalue weighted by atomic mass is 16.8. The maximum atomic E-state index is 5.86. The van der Waals surface area contributed by atoms with Crippen LogP contribution in [0, 0.1) is 6.92 Å². The third kappa shape index (κ3) is 1.06. The van der Waals surface area contributed by atoms with Gasteiger partial charge in [-0.15, -0.1) is 0 Å². The van der Waals surface area contributed by atoms with E-state index in [-0.39, 0.29) is 0 Å². The highest BCUT2D eigenvalue weighted by molar-refractivity contribution is 6.01. The van der Waals surface area contributed by atoms with E-state index in [4.69, 9.17) is 15.2 Å². The molecule has 0 radical (unpaired) electrons. The van der Waals surface area contributed by atoms with Gasteiger partial charge in [-0.2, -0.15) is 0 Å². The van der Waals surface area contributed by atoms with Crippen molar-refractivity contribution in [2.24, 2.45) is 10.7 Å². The van der Waals surface area contributed by atoms with Crippen LogP contribution < -0.4 is 5.73 Å². The minimum absolute atomic E-state index is 0.496. The Morgan fingerprint density at radius 3 is 2.80 bits per heavy atom. The summed E-state index contributed by atoms with van der Waals surface area (Å²) < 4.78 is 11.2. The number of aryl methyl sites for hydroxylation is 1. The van der Waals surface area contributed by atoms with Crippen molar-refractivity contribution in [3.63, 3.8) is 0 Å². The van der Waals surface area contributed by atoms with Crippen molar-refractivity contribution in [1.29, 1.82) is 0 Å². The molecule has 1 spiro atoms. The summed E-state index contributed by atoms with van der Waals surface area (Å²) in [5.74, 6) is -0.458. The van der Waals surface area contributed by atoms with Gasteiger partial charge in [-0.25, -0.2) is 4.99 Å². The van der Waals surface area contributed by atoms with Crippen LogP contribution in [-0.4, -0.2) is 19.0 Å². The maximum Gasteiger partial charge on any atom is 0.300 e. The van der Waals surface area contributed by atoms with Crippen LogP contribution in [0.15, 0.2) is 23.2 Å². The van der Waals surface area contributed by atoms with E-state index in [9.17, 15) is 0 Å². The molecule has 2 aliphatic heterocycles. The fraction of sp³-hybridized carbons (Fsp3) is 0.364. The quantitative estimate of drug-likeness (QED) is 0.682. The van der Waals surface area contributed by atoms with Gasteiger partial charge in [-0.1, -0.05) is 18.2 Å². The van der Waals surface area contributed by atoms with Crippen molar-refractivity contribution in [1.82, 2.24) is 0 Å². The molecule has 0 atom stereocenters. The molecule has 0 bridgehead atoms. The largest absolute Gasteiger partial charge is 0.383 e. The van der Waals surface area contributed by atoms with Crippen molar-refractivity contribution in [2.75, 3.05) is 13.2 Å². The Hall–Kier alpha value is -1.39. The Bertz CT molecular complexity index is 448. The third-order valence-corrected chi connectivity index (χ3v) is 2.81. The zero-order chi connectivity index (χ0) is 10.5. The second kappa shape index (κ2) is 2.81. The molecule has 3 rings (SSSR count). The van der Waals surface area contributed by atoms with Crippen LogP contribution in [0.3, 0.4) is 0 Å². The van der Waals surface area contributed by atoms with E-state index in [0.29, 0.717) is 19.0 Å². The van der Waals surface area contributed by atoms with Gasteiger partial charge < -0.3 is 15.2 Å². The molecule has 2 heterocycles. The Morgan fingerprint density at radius 1 is 1.33 bits per heavy atom. The number of benzene rings is 1. The van der Waals surface area contributed by atoms with Crippen LogP contribution in [-0.2, 0) is 15.4 Å². The highest BCUT2D eigenvalue weighted by Gasteiger charge is 2.46. The first kappa shape index (κ1) is 8.88. The second-order valence-corrected chi connectivity index (χ2v) is 3.77. The first-order valence-electron chi connectivity index (χ1n) is 4.97. The molecule has 1 fully saturated rings. The Balaban J connectivity index is 2.25. The highest BCUT2D eigenvalue weighted by Crippen LogP contribution is 2.41. The van der Waals surface area contributed by atoms with E-state index < -0.39 is 5.91 Å². The van der Waals surface area contributed by atoms with E-state index in [0.717, 1.165) is 16.7 Å². The van der Waals surface area contributed by atoms with Gasteiger partial charge in [0.1, 0.15) is 5.84 Å². The van der Waals surface area contributed by atoms with Crippen LogP contribution in [0.25, 0.3) is 0 Å². The van der Waals surface area contributed by atoms with Gasteiger partial charge in [-0.05, 0) is 12.5 Å². The summed E-state index contributed by atoms with van der Waals surface area (Å²) in [6.07, 6.45) is 0. The average molecular weight is 204 g/mol. The predicted molar refractivity (Wildman–Crippen MR) is 55.5 cm³/mol. The van der Waals surface area contributed by atoms with Crippen LogP contribution in [0.2, 0.25) is 0 Å². The number of fused-ring (bicyclic) bond motifs is 2. The summed E-state index contributed by atoms with van der Waals surface area (Å²) in [5, 5.41) is 0. The Morgan fingerprint density at radius 2 is 2.07 bits per heavy atom. The maximum absolute atomic E-state index is 5.86. The van der Waals surface area contributed by atoms with Crippen molar-refractivity contribution >= 4 is 5.84 Å². The molecule has 78 valence electrons. The van der Waals surface area contributed by atoms with Crippen LogP contribution >= 0.6 is 0 Å². The van der Waals surface area contributed by atoms with Gasteiger partial charge in [0.2, 0.25) is 0 Å². The molecule has 0 amide bonds. The first-order valence-corrected chi connectivity index (χ1v) is 4.97. The first-order chi connectivity index (χ1) is 7.23. The third-order valence-electron chi connectivity index (χ3n) is 2.81. The molecule has 15 heavy (non-hydrogen) atoms. The number of ether oxygens (including phenoxy) is 2. The molecule has 0 aromatic heterocycles. The number of rotatable bonds is 0. The summed E-state index contributed by atoms with van der Waals surface area (Å²) in [5.41, 5.74) is 8.84. The molecule has 1 saturated heterocycles. The lowest BCUT2D eigenvalue weighted by Gasteiger charge is -2.20. The molecule has 0 aliphatic carbocycles. The molecule has 1 aromatic carbocycles. The van der Waals surface area contributed by atoms with Crippen molar-refractivity contribution in [3.8, 4) is 0 Å². The fourth-order valence-corrected chi connectivity index (χ4v) is 2.19. The van der Waals surface area contributed by atoms with E-state index in [2.05, 4.69) is 4.99 Å². The number of nitrogens with two attached hydrogens (primary N) is 1. The van der Waals surface area contributed by atoms with Gasteiger partial charge >= 0.3 is 5.91 Å². The van der Waals surface area contributed by atoms with E-state index in [1.165, 1.54) is 0 Å². The van der Waals surface area contributed by atoms with Crippen LogP contribution in [0.5, 0.6) is 0 Å². The van der Waals surface area contributed by atoms with Gasteiger partial charge in [0, 0.05) is 11.1 Å². The minimum atomic E-state index is -0.954. The molecular formula is C11H12N2O2. The molecule has 2 N–H and O–H groups in total. The lowest BCUT2D eigenvalue weighted by molar-refractivity contribution is -0.155. The molecule has 2 aliphatic rings. The zero-order valence-electron chi connectivity index (χ0n) is 8.49. The molecule has 4 nitrogen and oxygen atoms in total. The van der Waals surface area contributed by atoms with Crippen LogP contribution in [0.4, 0.5) is 0 Å². The number of hydrogen-bond acceptors (Lipinski definition) is 4. The number of hydrogen-bond donors (Lipinski definition) is 1.